The maximum Gasteiger partial charge on any atom is 0.530 e. The van der Waals surface area contributed by atoms with E-state index in [-0.39, 0.29) is 0 Å². The second kappa shape index (κ2) is 5.68. The first-order chi connectivity index (χ1) is 8.98. The van der Waals surface area contributed by atoms with Crippen molar-refractivity contribution >= 4 is 18.2 Å². The molecule has 5 heteroatoms. The van der Waals surface area contributed by atoms with E-state index in [0.29, 0.717) is 11.5 Å². The van der Waals surface area contributed by atoms with Gasteiger partial charge in [0.25, 0.3) is 0 Å². The Labute approximate surface area is 117 Å². The Bertz CT molecular complexity index is 593. The van der Waals surface area contributed by atoms with E-state index in [0.717, 1.165) is 11.1 Å². The molecule has 2 aromatic rings. The van der Waals surface area contributed by atoms with Crippen molar-refractivity contribution < 1.29 is 13.6 Å². The van der Waals surface area contributed by atoms with Crippen LogP contribution in [0.4, 0.5) is 0 Å². The lowest BCUT2D eigenvalue weighted by Gasteiger charge is -2.16. The summed E-state index contributed by atoms with van der Waals surface area (Å²) in [4.78, 5) is 0. The minimum absolute atomic E-state index is 0.409. The SMILES string of the molecule is Cc1cccc(C)c1OP(=O)(Cl)Oc1ccccc1. The Balaban J connectivity index is 2.20. The smallest absolute Gasteiger partial charge is 0.405 e. The lowest BCUT2D eigenvalue weighted by Crippen LogP contribution is -1.98. The molecule has 3 nitrogen and oxygen atoms in total. The summed E-state index contributed by atoms with van der Waals surface area (Å²) in [6.45, 7) is 0.00768. The summed E-state index contributed by atoms with van der Waals surface area (Å²) in [6, 6.07) is 14.3. The van der Waals surface area contributed by atoms with Crippen molar-refractivity contribution in [2.45, 2.75) is 13.8 Å². The summed E-state index contributed by atoms with van der Waals surface area (Å²) in [5.74, 6) is 0.906. The zero-order valence-corrected chi connectivity index (χ0v) is 12.3. The first-order valence-corrected chi connectivity index (χ1v) is 8.23. The zero-order valence-electron chi connectivity index (χ0n) is 10.7. The molecule has 0 saturated heterocycles. The van der Waals surface area contributed by atoms with Gasteiger partial charge >= 0.3 is 6.95 Å². The molecule has 19 heavy (non-hydrogen) atoms. The summed E-state index contributed by atoms with van der Waals surface area (Å²) >= 11 is 5.86. The molecule has 0 heterocycles. The monoisotopic (exact) mass is 296 g/mol. The highest BCUT2D eigenvalue weighted by atomic mass is 35.7. The van der Waals surface area contributed by atoms with Crippen LogP contribution in [0.2, 0.25) is 0 Å². The van der Waals surface area contributed by atoms with Crippen LogP contribution in [-0.4, -0.2) is 0 Å². The number of para-hydroxylation sites is 2. The van der Waals surface area contributed by atoms with Gasteiger partial charge in [-0.15, -0.1) is 0 Å². The third kappa shape index (κ3) is 3.76. The van der Waals surface area contributed by atoms with Gasteiger partial charge in [0.15, 0.2) is 0 Å². The molecule has 0 aliphatic heterocycles. The highest BCUT2D eigenvalue weighted by Gasteiger charge is 2.26. The fraction of sp³-hybridized carbons (Fsp3) is 0.143. The van der Waals surface area contributed by atoms with Crippen LogP contribution in [0.25, 0.3) is 0 Å². The molecule has 0 aliphatic rings. The van der Waals surface area contributed by atoms with Crippen molar-refractivity contribution in [3.63, 3.8) is 0 Å². The van der Waals surface area contributed by atoms with Gasteiger partial charge in [-0.25, -0.2) is 4.57 Å². The second-order valence-corrected chi connectivity index (χ2v) is 6.62. The van der Waals surface area contributed by atoms with E-state index in [4.69, 9.17) is 20.3 Å². The van der Waals surface area contributed by atoms with Gasteiger partial charge in [0, 0.05) is 11.2 Å². The fourth-order valence-electron chi connectivity index (χ4n) is 1.68. The molecule has 0 amide bonds. The van der Waals surface area contributed by atoms with Crippen LogP contribution >= 0.6 is 18.2 Å². The standard InChI is InChI=1S/C14H14ClO3P/c1-11-7-6-8-12(2)14(11)18-19(15,16)17-13-9-4-3-5-10-13/h3-10H,1-2H3. The van der Waals surface area contributed by atoms with Gasteiger partial charge in [-0.1, -0.05) is 36.4 Å². The van der Waals surface area contributed by atoms with E-state index in [1.54, 1.807) is 24.3 Å². The molecule has 0 radical (unpaired) electrons. The number of benzene rings is 2. The number of aryl methyl sites for hydroxylation is 2. The van der Waals surface area contributed by atoms with Crippen molar-refractivity contribution in [2.24, 2.45) is 0 Å². The van der Waals surface area contributed by atoms with Crippen LogP contribution in [0.15, 0.2) is 48.5 Å². The summed E-state index contributed by atoms with van der Waals surface area (Å²) in [7, 11) is 0. The predicted octanol–water partition coefficient (Wildman–Crippen LogP) is 5.11. The lowest BCUT2D eigenvalue weighted by atomic mass is 10.1. The van der Waals surface area contributed by atoms with E-state index in [1.807, 2.05) is 38.1 Å². The van der Waals surface area contributed by atoms with Gasteiger partial charge in [0.2, 0.25) is 0 Å². The van der Waals surface area contributed by atoms with E-state index in [9.17, 15) is 4.57 Å². The Morgan fingerprint density at radius 1 is 0.895 bits per heavy atom. The summed E-state index contributed by atoms with van der Waals surface area (Å²) in [6.07, 6.45) is 0. The van der Waals surface area contributed by atoms with Crippen molar-refractivity contribution in [3.8, 4) is 11.5 Å². The molecule has 0 saturated carbocycles. The Hall–Kier alpha value is -1.44. The van der Waals surface area contributed by atoms with Crippen molar-refractivity contribution in [1.82, 2.24) is 0 Å². The van der Waals surface area contributed by atoms with Crippen LogP contribution < -0.4 is 9.05 Å². The summed E-state index contributed by atoms with van der Waals surface area (Å²) in [5.41, 5.74) is 1.72. The predicted molar refractivity (Wildman–Crippen MR) is 77.1 cm³/mol. The first kappa shape index (κ1) is 14.0. The molecule has 0 spiro atoms. The highest BCUT2D eigenvalue weighted by molar-refractivity contribution is 7.82. The minimum Gasteiger partial charge on any atom is -0.405 e. The van der Waals surface area contributed by atoms with Crippen LogP contribution in [-0.2, 0) is 4.57 Å². The van der Waals surface area contributed by atoms with E-state index in [2.05, 4.69) is 0 Å². The highest BCUT2D eigenvalue weighted by Crippen LogP contribution is 2.54. The molecule has 2 rings (SSSR count). The molecule has 1 atom stereocenters. The largest absolute Gasteiger partial charge is 0.530 e. The van der Waals surface area contributed by atoms with Crippen molar-refractivity contribution in [3.05, 3.63) is 59.7 Å². The van der Waals surface area contributed by atoms with Gasteiger partial charge in [-0.3, -0.25) is 0 Å². The van der Waals surface area contributed by atoms with Crippen molar-refractivity contribution in [1.29, 1.82) is 0 Å². The number of rotatable bonds is 4. The number of hydrogen-bond acceptors (Lipinski definition) is 3. The molecule has 0 fully saturated rings. The molecule has 0 bridgehead atoms. The molecule has 1 unspecified atom stereocenters. The first-order valence-electron chi connectivity index (χ1n) is 5.78. The lowest BCUT2D eigenvalue weighted by molar-refractivity contribution is 0.404. The zero-order chi connectivity index (χ0) is 13.9. The molecule has 0 N–H and O–H groups in total. The molecular formula is C14H14ClO3P. The third-order valence-electron chi connectivity index (χ3n) is 2.57. The topological polar surface area (TPSA) is 35.5 Å². The van der Waals surface area contributed by atoms with Crippen LogP contribution in [0.1, 0.15) is 11.1 Å². The number of halogens is 1. The average Bonchev–Trinajstić information content (AvgIpc) is 2.35. The maximum atomic E-state index is 12.2. The summed E-state index contributed by atoms with van der Waals surface area (Å²) < 4.78 is 22.8. The van der Waals surface area contributed by atoms with Crippen LogP contribution in [0.3, 0.4) is 0 Å². The quantitative estimate of drug-likeness (QED) is 0.736. The fourth-order valence-corrected chi connectivity index (χ4v) is 3.04. The van der Waals surface area contributed by atoms with E-state index >= 15 is 0 Å². The van der Waals surface area contributed by atoms with Gasteiger partial charge in [0.1, 0.15) is 11.5 Å². The van der Waals surface area contributed by atoms with Gasteiger partial charge < -0.3 is 9.05 Å². The Morgan fingerprint density at radius 3 is 2.05 bits per heavy atom. The molecule has 0 aromatic heterocycles. The van der Waals surface area contributed by atoms with Gasteiger partial charge in [0.05, 0.1) is 0 Å². The van der Waals surface area contributed by atoms with Gasteiger partial charge in [-0.05, 0) is 37.1 Å². The molecular weight excluding hydrogens is 283 g/mol. The van der Waals surface area contributed by atoms with Gasteiger partial charge in [-0.2, -0.15) is 0 Å². The van der Waals surface area contributed by atoms with Crippen LogP contribution in [0.5, 0.6) is 11.5 Å². The van der Waals surface area contributed by atoms with E-state index < -0.39 is 6.95 Å². The normalized spacial score (nSPS) is 13.6. The Kier molecular flexibility index (Phi) is 4.18. The minimum atomic E-state index is -3.72. The molecule has 0 aliphatic carbocycles. The van der Waals surface area contributed by atoms with Crippen LogP contribution in [0, 0.1) is 13.8 Å². The number of hydrogen-bond donors (Lipinski definition) is 0. The Morgan fingerprint density at radius 2 is 1.47 bits per heavy atom. The van der Waals surface area contributed by atoms with Crippen molar-refractivity contribution in [2.75, 3.05) is 0 Å². The molecule has 100 valence electrons. The summed E-state index contributed by atoms with van der Waals surface area (Å²) in [5, 5.41) is 0. The average molecular weight is 297 g/mol. The van der Waals surface area contributed by atoms with E-state index in [1.165, 1.54) is 0 Å². The second-order valence-electron chi connectivity index (χ2n) is 4.15. The molecule has 2 aromatic carbocycles. The maximum absolute atomic E-state index is 12.2. The third-order valence-corrected chi connectivity index (χ3v) is 3.81.